The topological polar surface area (TPSA) is 60.7 Å². The molecule has 1 heterocycles. The Morgan fingerprint density at radius 3 is 2.56 bits per heavy atom. The number of benzene rings is 2. The van der Waals surface area contributed by atoms with Crippen LogP contribution in [0.3, 0.4) is 0 Å². The summed E-state index contributed by atoms with van der Waals surface area (Å²) in [6.07, 6.45) is 0.905. The molecule has 0 saturated carbocycles. The monoisotopic (exact) mass is 402 g/mol. The second-order valence-corrected chi connectivity index (χ2v) is 7.30. The minimum absolute atomic E-state index is 0.00599. The molecular weight excluding hydrogens is 384 g/mol. The summed E-state index contributed by atoms with van der Waals surface area (Å²) in [6.45, 7) is 4.15. The Labute approximate surface area is 165 Å². The standard InChI is InChI=1S/C20H19ClN2O3S/c1-3-13-5-10-16-17(11-13)27-20(23(16)12-18(24)26-4-2)22-19(25)14-6-8-15(21)9-7-14/h5-11H,3-4,12H2,1-2H3. The number of carbonyl (C=O) groups is 2. The highest BCUT2D eigenvalue weighted by Crippen LogP contribution is 2.20. The lowest BCUT2D eigenvalue weighted by Crippen LogP contribution is -2.23. The van der Waals surface area contributed by atoms with Crippen LogP contribution in [0.4, 0.5) is 0 Å². The summed E-state index contributed by atoms with van der Waals surface area (Å²) in [5.41, 5.74) is 2.48. The summed E-state index contributed by atoms with van der Waals surface area (Å²) in [5, 5.41) is 0.554. The molecule has 0 saturated heterocycles. The van der Waals surface area contributed by atoms with Gasteiger partial charge >= 0.3 is 5.97 Å². The number of hydrogen-bond acceptors (Lipinski definition) is 4. The van der Waals surface area contributed by atoms with Crippen LogP contribution in [0.1, 0.15) is 29.8 Å². The molecule has 0 aliphatic carbocycles. The zero-order valence-electron chi connectivity index (χ0n) is 15.1. The molecule has 0 bridgehead atoms. The van der Waals surface area contributed by atoms with E-state index in [-0.39, 0.29) is 18.4 Å². The molecule has 140 valence electrons. The Morgan fingerprint density at radius 1 is 1.15 bits per heavy atom. The number of amides is 1. The molecule has 0 spiro atoms. The number of carbonyl (C=O) groups excluding carboxylic acids is 2. The van der Waals surface area contributed by atoms with Crippen molar-refractivity contribution in [1.29, 1.82) is 0 Å². The average Bonchev–Trinajstić information content (AvgIpc) is 2.98. The highest BCUT2D eigenvalue weighted by Gasteiger charge is 2.13. The van der Waals surface area contributed by atoms with Crippen molar-refractivity contribution in [3.63, 3.8) is 0 Å². The van der Waals surface area contributed by atoms with Crippen LogP contribution in [0.5, 0.6) is 0 Å². The molecule has 0 aliphatic heterocycles. The van der Waals surface area contributed by atoms with Gasteiger partial charge in [0.15, 0.2) is 4.80 Å². The Balaban J connectivity index is 2.10. The molecule has 3 rings (SSSR count). The SMILES string of the molecule is CCOC(=O)Cn1c(=NC(=O)c2ccc(Cl)cc2)sc2cc(CC)ccc21. The van der Waals surface area contributed by atoms with Crippen molar-refractivity contribution in [2.75, 3.05) is 6.61 Å². The van der Waals surface area contributed by atoms with Crippen LogP contribution in [-0.4, -0.2) is 23.1 Å². The van der Waals surface area contributed by atoms with E-state index in [0.29, 0.717) is 22.0 Å². The van der Waals surface area contributed by atoms with Crippen molar-refractivity contribution < 1.29 is 14.3 Å². The highest BCUT2D eigenvalue weighted by atomic mass is 35.5. The third-order valence-corrected chi connectivity index (χ3v) is 5.33. The van der Waals surface area contributed by atoms with Gasteiger partial charge in [0.1, 0.15) is 6.54 Å². The molecule has 0 radical (unpaired) electrons. The Hall–Kier alpha value is -2.44. The molecule has 5 nitrogen and oxygen atoms in total. The second-order valence-electron chi connectivity index (χ2n) is 5.86. The van der Waals surface area contributed by atoms with Gasteiger partial charge in [0, 0.05) is 10.6 Å². The van der Waals surface area contributed by atoms with Crippen molar-refractivity contribution in [1.82, 2.24) is 4.57 Å². The van der Waals surface area contributed by atoms with Gasteiger partial charge < -0.3 is 9.30 Å². The minimum Gasteiger partial charge on any atom is -0.465 e. The number of aromatic nitrogens is 1. The lowest BCUT2D eigenvalue weighted by molar-refractivity contribution is -0.143. The van der Waals surface area contributed by atoms with Crippen LogP contribution in [0.2, 0.25) is 5.02 Å². The van der Waals surface area contributed by atoms with Crippen LogP contribution >= 0.6 is 22.9 Å². The van der Waals surface area contributed by atoms with Gasteiger partial charge in [0.2, 0.25) is 0 Å². The number of esters is 1. The Bertz CT molecular complexity index is 1050. The summed E-state index contributed by atoms with van der Waals surface area (Å²) >= 11 is 7.26. The normalized spacial score (nSPS) is 11.7. The Morgan fingerprint density at radius 2 is 1.89 bits per heavy atom. The molecule has 0 aliphatic rings. The van der Waals surface area contributed by atoms with Crippen LogP contribution in [0, 0.1) is 0 Å². The van der Waals surface area contributed by atoms with Crippen molar-refractivity contribution in [3.05, 3.63) is 63.4 Å². The number of halogens is 1. The molecule has 0 atom stereocenters. The molecule has 1 amide bonds. The van der Waals surface area contributed by atoms with Gasteiger partial charge in [-0.1, -0.05) is 35.9 Å². The quantitative estimate of drug-likeness (QED) is 0.600. The first-order valence-corrected chi connectivity index (χ1v) is 9.83. The first-order valence-electron chi connectivity index (χ1n) is 8.64. The Kier molecular flexibility index (Phi) is 6.08. The van der Waals surface area contributed by atoms with E-state index in [1.54, 1.807) is 35.8 Å². The molecule has 0 fully saturated rings. The fourth-order valence-electron chi connectivity index (χ4n) is 2.66. The molecule has 3 aromatic rings. The van der Waals surface area contributed by atoms with Crippen LogP contribution in [0.25, 0.3) is 10.2 Å². The number of nitrogens with zero attached hydrogens (tertiary/aromatic N) is 2. The molecule has 27 heavy (non-hydrogen) atoms. The lowest BCUT2D eigenvalue weighted by Gasteiger charge is -2.05. The van der Waals surface area contributed by atoms with Gasteiger partial charge in [0.05, 0.1) is 16.8 Å². The number of aryl methyl sites for hydroxylation is 1. The van der Waals surface area contributed by atoms with Crippen molar-refractivity contribution in [2.24, 2.45) is 4.99 Å². The highest BCUT2D eigenvalue weighted by molar-refractivity contribution is 7.16. The fraction of sp³-hybridized carbons (Fsp3) is 0.250. The summed E-state index contributed by atoms with van der Waals surface area (Å²) < 4.78 is 7.77. The van der Waals surface area contributed by atoms with Gasteiger partial charge in [-0.05, 0) is 55.3 Å². The van der Waals surface area contributed by atoms with E-state index in [2.05, 4.69) is 18.0 Å². The van der Waals surface area contributed by atoms with Crippen LogP contribution in [0.15, 0.2) is 47.5 Å². The molecular formula is C20H19ClN2O3S. The number of thiazole rings is 1. The minimum atomic E-state index is -0.383. The number of rotatable bonds is 5. The van der Waals surface area contributed by atoms with Crippen LogP contribution < -0.4 is 4.80 Å². The van der Waals surface area contributed by atoms with E-state index < -0.39 is 0 Å². The largest absolute Gasteiger partial charge is 0.465 e. The average molecular weight is 403 g/mol. The maximum absolute atomic E-state index is 12.6. The smallest absolute Gasteiger partial charge is 0.326 e. The van der Waals surface area contributed by atoms with E-state index >= 15 is 0 Å². The van der Waals surface area contributed by atoms with E-state index in [4.69, 9.17) is 16.3 Å². The zero-order chi connectivity index (χ0) is 19.4. The summed E-state index contributed by atoms with van der Waals surface area (Å²) in [5.74, 6) is -0.747. The molecule has 2 aromatic carbocycles. The molecule has 0 N–H and O–H groups in total. The lowest BCUT2D eigenvalue weighted by atomic mass is 10.2. The molecule has 0 unspecified atom stereocenters. The van der Waals surface area contributed by atoms with Crippen LogP contribution in [-0.2, 0) is 22.5 Å². The van der Waals surface area contributed by atoms with E-state index in [0.717, 1.165) is 16.6 Å². The third-order valence-electron chi connectivity index (χ3n) is 4.04. The van der Waals surface area contributed by atoms with Crippen molar-refractivity contribution >= 4 is 45.0 Å². The van der Waals surface area contributed by atoms with Crippen molar-refractivity contribution in [3.8, 4) is 0 Å². The number of hydrogen-bond donors (Lipinski definition) is 0. The number of fused-ring (bicyclic) bond motifs is 1. The van der Waals surface area contributed by atoms with E-state index in [9.17, 15) is 9.59 Å². The summed E-state index contributed by atoms with van der Waals surface area (Å²) in [7, 11) is 0. The summed E-state index contributed by atoms with van der Waals surface area (Å²) in [4.78, 5) is 29.3. The maximum Gasteiger partial charge on any atom is 0.326 e. The summed E-state index contributed by atoms with van der Waals surface area (Å²) in [6, 6.07) is 12.6. The maximum atomic E-state index is 12.6. The first-order chi connectivity index (χ1) is 13.0. The second kappa shape index (κ2) is 8.50. The third kappa shape index (κ3) is 4.46. The van der Waals surface area contributed by atoms with Gasteiger partial charge in [0.25, 0.3) is 5.91 Å². The fourth-order valence-corrected chi connectivity index (χ4v) is 3.87. The van der Waals surface area contributed by atoms with Gasteiger partial charge in [-0.2, -0.15) is 4.99 Å². The van der Waals surface area contributed by atoms with Gasteiger partial charge in [-0.15, -0.1) is 0 Å². The van der Waals surface area contributed by atoms with E-state index in [1.807, 2.05) is 12.1 Å². The zero-order valence-corrected chi connectivity index (χ0v) is 16.6. The predicted molar refractivity (Wildman–Crippen MR) is 107 cm³/mol. The van der Waals surface area contributed by atoms with Gasteiger partial charge in [-0.3, -0.25) is 9.59 Å². The molecule has 7 heteroatoms. The molecule has 1 aromatic heterocycles. The first kappa shape index (κ1) is 19.3. The van der Waals surface area contributed by atoms with Gasteiger partial charge in [-0.25, -0.2) is 0 Å². The number of ether oxygens (including phenoxy) is 1. The van der Waals surface area contributed by atoms with Crippen molar-refractivity contribution in [2.45, 2.75) is 26.8 Å². The predicted octanol–water partition coefficient (Wildman–Crippen LogP) is 4.22. The van der Waals surface area contributed by atoms with E-state index in [1.165, 1.54) is 16.9 Å².